The summed E-state index contributed by atoms with van der Waals surface area (Å²) in [6.45, 7) is 0. The van der Waals surface area contributed by atoms with E-state index >= 15 is 0 Å². The molecule has 0 saturated heterocycles. The molecule has 0 atom stereocenters. The van der Waals surface area contributed by atoms with Gasteiger partial charge in [-0.2, -0.15) is 0 Å². The first kappa shape index (κ1) is 18.6. The molecular formula is C19H18F2N2O4. The molecule has 2 aromatic carbocycles. The molecule has 142 valence electrons. The molecule has 2 N–H and O–H groups in total. The fraction of sp³-hybridized carbons (Fsp3) is 0.263. The largest absolute Gasteiger partial charge is 0.497 e. The zero-order chi connectivity index (χ0) is 19.6. The minimum atomic E-state index is -1.38. The number of carbonyl (C=O) groups is 2. The van der Waals surface area contributed by atoms with Crippen molar-refractivity contribution >= 4 is 23.2 Å². The Morgan fingerprint density at radius 1 is 0.963 bits per heavy atom. The molecule has 0 bridgehead atoms. The molecule has 0 unspecified atom stereocenters. The number of ether oxygens (including phenoxy) is 2. The average Bonchev–Trinajstić information content (AvgIpc) is 3.47. The highest BCUT2D eigenvalue weighted by Crippen LogP contribution is 2.48. The molecule has 1 fully saturated rings. The number of hydrogen-bond donors (Lipinski definition) is 2. The quantitative estimate of drug-likeness (QED) is 0.758. The van der Waals surface area contributed by atoms with Crippen LogP contribution >= 0.6 is 0 Å². The van der Waals surface area contributed by atoms with Crippen molar-refractivity contribution in [2.75, 3.05) is 24.9 Å². The lowest BCUT2D eigenvalue weighted by Crippen LogP contribution is -2.36. The third-order valence-electron chi connectivity index (χ3n) is 4.48. The van der Waals surface area contributed by atoms with Crippen molar-refractivity contribution < 1.29 is 27.8 Å². The Morgan fingerprint density at radius 3 is 2.15 bits per heavy atom. The van der Waals surface area contributed by atoms with Crippen LogP contribution in [0.3, 0.4) is 0 Å². The van der Waals surface area contributed by atoms with Gasteiger partial charge in [0.15, 0.2) is 0 Å². The van der Waals surface area contributed by atoms with Crippen LogP contribution in [0.2, 0.25) is 0 Å². The van der Waals surface area contributed by atoms with E-state index in [0.717, 1.165) is 12.1 Å². The highest BCUT2D eigenvalue weighted by atomic mass is 19.1. The Bertz CT molecular complexity index is 877. The van der Waals surface area contributed by atoms with Gasteiger partial charge < -0.3 is 20.1 Å². The Kier molecular flexibility index (Phi) is 4.98. The number of benzene rings is 2. The molecule has 1 aliphatic rings. The van der Waals surface area contributed by atoms with Gasteiger partial charge in [0.25, 0.3) is 0 Å². The van der Waals surface area contributed by atoms with Gasteiger partial charge in [0.2, 0.25) is 11.8 Å². The van der Waals surface area contributed by atoms with Gasteiger partial charge in [0.1, 0.15) is 34.2 Å². The number of anilines is 2. The van der Waals surface area contributed by atoms with Gasteiger partial charge in [-0.3, -0.25) is 9.59 Å². The second-order valence-corrected chi connectivity index (χ2v) is 6.15. The van der Waals surface area contributed by atoms with Crippen LogP contribution in [-0.2, 0) is 9.59 Å². The van der Waals surface area contributed by atoms with E-state index in [1.165, 1.54) is 20.3 Å². The summed E-state index contributed by atoms with van der Waals surface area (Å²) in [5, 5.41) is 4.84. The summed E-state index contributed by atoms with van der Waals surface area (Å²) in [5.41, 5.74) is -1.58. The Morgan fingerprint density at radius 2 is 1.59 bits per heavy atom. The number of nitrogens with one attached hydrogen (secondary N) is 2. The lowest BCUT2D eigenvalue weighted by Gasteiger charge is -2.17. The van der Waals surface area contributed by atoms with Crippen molar-refractivity contribution in [1.82, 2.24) is 0 Å². The normalized spacial score (nSPS) is 14.2. The molecule has 0 radical (unpaired) electrons. The maximum Gasteiger partial charge on any atom is 0.240 e. The SMILES string of the molecule is COc1ccc(NC(=O)C2(C(=O)Nc3c(F)cccc3F)CC2)c(OC)c1. The van der Waals surface area contributed by atoms with Crippen LogP contribution in [0.1, 0.15) is 12.8 Å². The summed E-state index contributed by atoms with van der Waals surface area (Å²) < 4.78 is 37.8. The van der Waals surface area contributed by atoms with Crippen molar-refractivity contribution in [2.45, 2.75) is 12.8 Å². The highest BCUT2D eigenvalue weighted by molar-refractivity contribution is 6.17. The van der Waals surface area contributed by atoms with Gasteiger partial charge in [0, 0.05) is 6.07 Å². The molecule has 0 heterocycles. The van der Waals surface area contributed by atoms with Crippen LogP contribution in [0, 0.1) is 17.0 Å². The van der Waals surface area contributed by atoms with Gasteiger partial charge in [-0.15, -0.1) is 0 Å². The first-order valence-electron chi connectivity index (χ1n) is 8.20. The van der Waals surface area contributed by atoms with Crippen molar-refractivity contribution in [3.05, 3.63) is 48.0 Å². The fourth-order valence-electron chi connectivity index (χ4n) is 2.68. The van der Waals surface area contributed by atoms with Gasteiger partial charge in [0.05, 0.1) is 19.9 Å². The summed E-state index contributed by atoms with van der Waals surface area (Å²) in [4.78, 5) is 25.2. The molecule has 6 nitrogen and oxygen atoms in total. The molecule has 0 aromatic heterocycles. The van der Waals surface area contributed by atoms with Gasteiger partial charge in [-0.1, -0.05) is 6.07 Å². The lowest BCUT2D eigenvalue weighted by molar-refractivity contribution is -0.131. The van der Waals surface area contributed by atoms with E-state index in [9.17, 15) is 18.4 Å². The third-order valence-corrected chi connectivity index (χ3v) is 4.48. The third kappa shape index (κ3) is 3.55. The molecule has 3 rings (SSSR count). The predicted octanol–water partition coefficient (Wildman–Crippen LogP) is 3.34. The van der Waals surface area contributed by atoms with E-state index in [4.69, 9.17) is 9.47 Å². The van der Waals surface area contributed by atoms with Gasteiger partial charge >= 0.3 is 0 Å². The molecule has 8 heteroatoms. The number of hydrogen-bond acceptors (Lipinski definition) is 4. The second kappa shape index (κ2) is 7.22. The highest BCUT2D eigenvalue weighted by Gasteiger charge is 2.57. The molecule has 27 heavy (non-hydrogen) atoms. The molecule has 1 saturated carbocycles. The molecule has 2 aromatic rings. The lowest BCUT2D eigenvalue weighted by atomic mass is 10.0. The van der Waals surface area contributed by atoms with Crippen LogP contribution in [-0.4, -0.2) is 26.0 Å². The summed E-state index contributed by atoms with van der Waals surface area (Å²) in [6, 6.07) is 8.05. The van der Waals surface area contributed by atoms with E-state index in [2.05, 4.69) is 10.6 Å². The summed E-state index contributed by atoms with van der Waals surface area (Å²) in [6.07, 6.45) is 0.554. The van der Waals surface area contributed by atoms with E-state index in [-0.39, 0.29) is 12.8 Å². The van der Waals surface area contributed by atoms with E-state index in [0.29, 0.717) is 17.2 Å². The van der Waals surface area contributed by atoms with Gasteiger partial charge in [-0.05, 0) is 37.1 Å². The second-order valence-electron chi connectivity index (χ2n) is 6.15. The van der Waals surface area contributed by atoms with E-state index in [1.54, 1.807) is 18.2 Å². The molecular weight excluding hydrogens is 358 g/mol. The Balaban J connectivity index is 1.77. The van der Waals surface area contributed by atoms with Crippen LogP contribution in [0.4, 0.5) is 20.2 Å². The maximum absolute atomic E-state index is 13.8. The van der Waals surface area contributed by atoms with Gasteiger partial charge in [-0.25, -0.2) is 8.78 Å². The molecule has 2 amide bonds. The van der Waals surface area contributed by atoms with Crippen molar-refractivity contribution in [1.29, 1.82) is 0 Å². The number of carbonyl (C=O) groups excluding carboxylic acids is 2. The molecule has 0 spiro atoms. The molecule has 0 aliphatic heterocycles. The average molecular weight is 376 g/mol. The summed E-state index contributed by atoms with van der Waals surface area (Å²) in [7, 11) is 2.93. The van der Waals surface area contributed by atoms with Crippen LogP contribution < -0.4 is 20.1 Å². The zero-order valence-electron chi connectivity index (χ0n) is 14.8. The van der Waals surface area contributed by atoms with Crippen LogP contribution in [0.25, 0.3) is 0 Å². The number of amides is 2. The maximum atomic E-state index is 13.8. The number of para-hydroxylation sites is 1. The topological polar surface area (TPSA) is 76.7 Å². The number of halogens is 2. The smallest absolute Gasteiger partial charge is 0.240 e. The first-order chi connectivity index (χ1) is 12.9. The number of rotatable bonds is 6. The zero-order valence-corrected chi connectivity index (χ0v) is 14.8. The fourth-order valence-corrected chi connectivity index (χ4v) is 2.68. The predicted molar refractivity (Wildman–Crippen MR) is 94.8 cm³/mol. The van der Waals surface area contributed by atoms with Crippen LogP contribution in [0.5, 0.6) is 11.5 Å². The van der Waals surface area contributed by atoms with Crippen LogP contribution in [0.15, 0.2) is 36.4 Å². The monoisotopic (exact) mass is 376 g/mol. The summed E-state index contributed by atoms with van der Waals surface area (Å²) >= 11 is 0. The summed E-state index contributed by atoms with van der Waals surface area (Å²) in [5.74, 6) is -2.23. The minimum absolute atomic E-state index is 0.277. The minimum Gasteiger partial charge on any atom is -0.497 e. The van der Waals surface area contributed by atoms with Crippen molar-refractivity contribution in [3.8, 4) is 11.5 Å². The van der Waals surface area contributed by atoms with E-state index < -0.39 is 34.6 Å². The first-order valence-corrected chi connectivity index (χ1v) is 8.20. The van der Waals surface area contributed by atoms with E-state index in [1.807, 2.05) is 0 Å². The number of methoxy groups -OCH3 is 2. The Labute approximate surface area is 154 Å². The Hall–Kier alpha value is -3.16. The molecule has 1 aliphatic carbocycles. The standard InChI is InChI=1S/C19H18F2N2O4/c1-26-11-6-7-14(15(10-11)27-2)22-17(24)19(8-9-19)18(25)23-16-12(20)4-3-5-13(16)21/h3-7,10H,8-9H2,1-2H3,(H,22,24)(H,23,25). The van der Waals surface area contributed by atoms with Crippen molar-refractivity contribution in [3.63, 3.8) is 0 Å². The van der Waals surface area contributed by atoms with Crippen molar-refractivity contribution in [2.24, 2.45) is 5.41 Å².